The van der Waals surface area contributed by atoms with Crippen molar-refractivity contribution in [2.24, 2.45) is 0 Å². The average molecular weight is 441 g/mol. The Morgan fingerprint density at radius 2 is 1.03 bits per heavy atom. The van der Waals surface area contributed by atoms with Crippen LogP contribution in [0.3, 0.4) is 0 Å². The summed E-state index contributed by atoms with van der Waals surface area (Å²) in [6, 6.07) is 8.49. The Balaban J connectivity index is 2.56. The summed E-state index contributed by atoms with van der Waals surface area (Å²) >= 11 is 0. The van der Waals surface area contributed by atoms with E-state index in [9.17, 15) is 9.59 Å². The Morgan fingerprint density at radius 3 is 1.30 bits per heavy atom. The Bertz CT molecular complexity index is 945. The first-order valence-corrected chi connectivity index (χ1v) is 17.4. The molecule has 0 aliphatic heterocycles. The van der Waals surface area contributed by atoms with E-state index < -0.39 is 28.1 Å². The van der Waals surface area contributed by atoms with E-state index in [2.05, 4.69) is 63.5 Å². The third kappa shape index (κ3) is 3.78. The summed E-state index contributed by atoms with van der Waals surface area (Å²) < 4.78 is 10.5. The van der Waals surface area contributed by atoms with Gasteiger partial charge in [-0.05, 0) is 45.5 Å². The molecule has 0 saturated carbocycles. The summed E-state index contributed by atoms with van der Waals surface area (Å²) in [5.74, 6) is -0.872. The summed E-state index contributed by atoms with van der Waals surface area (Å²) in [5, 5.41) is 2.09. The van der Waals surface area contributed by atoms with Crippen LogP contribution in [0.1, 0.15) is 43.0 Å². The Hall–Kier alpha value is -2.19. The zero-order valence-electron chi connectivity index (χ0n) is 19.4. The van der Waals surface area contributed by atoms with Crippen molar-refractivity contribution < 1.29 is 19.1 Å². The molecule has 160 valence electrons. The first-order valence-electron chi connectivity index (χ1n) is 10.4. The third-order valence-corrected chi connectivity index (χ3v) is 9.95. The summed E-state index contributed by atoms with van der Waals surface area (Å²) in [5.41, 5.74) is 5.95. The highest BCUT2D eigenvalue weighted by Gasteiger charge is 2.40. The smallest absolute Gasteiger partial charge is 0.338 e. The number of carbonyl (C=O) groups is 2. The van der Waals surface area contributed by atoms with Gasteiger partial charge in [0.25, 0.3) is 0 Å². The molecular formula is C24H32O4Si2. The maximum Gasteiger partial charge on any atom is 0.338 e. The van der Waals surface area contributed by atoms with E-state index >= 15 is 0 Å². The summed E-state index contributed by atoms with van der Waals surface area (Å²) in [6.45, 7) is 13.4. The fraction of sp³-hybridized carbons (Fsp3) is 0.417. The molecule has 1 aliphatic carbocycles. The lowest BCUT2D eigenvalue weighted by molar-refractivity contribution is 0.0557. The summed E-state index contributed by atoms with van der Waals surface area (Å²) in [4.78, 5) is 26.3. The fourth-order valence-electron chi connectivity index (χ4n) is 4.79. The van der Waals surface area contributed by atoms with E-state index in [1.807, 2.05) is 0 Å². The SMILES string of the molecule is COC(=O)c1c(C(=O)OC)c([Si](C)(C)C)c2c(c1[Si](C)(C)C)Cc1ccccc1C2. The lowest BCUT2D eigenvalue weighted by Gasteiger charge is -2.36. The van der Waals surface area contributed by atoms with Crippen LogP contribution in [0.15, 0.2) is 24.3 Å². The van der Waals surface area contributed by atoms with Crippen LogP contribution in [0.2, 0.25) is 39.3 Å². The van der Waals surface area contributed by atoms with Crippen molar-refractivity contribution in [1.29, 1.82) is 0 Å². The molecule has 3 rings (SSSR count). The standard InChI is InChI=1S/C24H32O4Si2/c1-27-23(25)19-20(24(26)28-2)22(30(6,7)8)18-14-16-12-10-9-11-15(16)13-17(18)21(19)29(3,4)5/h9-12H,13-14H2,1-8H3. The maximum atomic E-state index is 13.1. The topological polar surface area (TPSA) is 52.6 Å². The average Bonchev–Trinajstić information content (AvgIpc) is 2.67. The van der Waals surface area contributed by atoms with Gasteiger partial charge >= 0.3 is 11.9 Å². The second kappa shape index (κ2) is 7.82. The van der Waals surface area contributed by atoms with Gasteiger partial charge in [-0.25, -0.2) is 9.59 Å². The zero-order valence-corrected chi connectivity index (χ0v) is 21.4. The van der Waals surface area contributed by atoms with E-state index in [1.54, 1.807) is 0 Å². The molecule has 2 aromatic rings. The molecule has 0 spiro atoms. The van der Waals surface area contributed by atoms with Gasteiger partial charge in [-0.15, -0.1) is 0 Å². The Kier molecular flexibility index (Phi) is 5.86. The van der Waals surface area contributed by atoms with E-state index in [-0.39, 0.29) is 0 Å². The van der Waals surface area contributed by atoms with Gasteiger partial charge < -0.3 is 9.47 Å². The van der Waals surface area contributed by atoms with Gasteiger partial charge in [0, 0.05) is 0 Å². The van der Waals surface area contributed by atoms with E-state index in [4.69, 9.17) is 9.47 Å². The molecule has 0 heterocycles. The van der Waals surface area contributed by atoms with E-state index in [1.165, 1.54) is 36.5 Å². The van der Waals surface area contributed by atoms with Crippen LogP contribution in [0.4, 0.5) is 0 Å². The second-order valence-electron chi connectivity index (χ2n) is 10.1. The van der Waals surface area contributed by atoms with Crippen LogP contribution in [0, 0.1) is 0 Å². The lowest BCUT2D eigenvalue weighted by Crippen LogP contribution is -2.53. The van der Waals surface area contributed by atoms with Crippen LogP contribution in [-0.4, -0.2) is 42.3 Å². The number of rotatable bonds is 4. The van der Waals surface area contributed by atoms with Gasteiger partial charge in [0.05, 0.1) is 41.5 Å². The maximum absolute atomic E-state index is 13.1. The molecule has 4 nitrogen and oxygen atoms in total. The van der Waals surface area contributed by atoms with Gasteiger partial charge in [0.2, 0.25) is 0 Å². The van der Waals surface area contributed by atoms with E-state index in [0.717, 1.165) is 23.2 Å². The molecule has 0 bridgehead atoms. The molecule has 0 atom stereocenters. The molecule has 1 aliphatic rings. The van der Waals surface area contributed by atoms with Gasteiger partial charge in [-0.3, -0.25) is 0 Å². The number of methoxy groups -OCH3 is 2. The number of fused-ring (bicyclic) bond motifs is 2. The molecule has 0 fully saturated rings. The quantitative estimate of drug-likeness (QED) is 0.457. The van der Waals surface area contributed by atoms with Crippen molar-refractivity contribution in [2.45, 2.75) is 52.1 Å². The molecule has 6 heteroatoms. The van der Waals surface area contributed by atoms with Gasteiger partial charge in [0.1, 0.15) is 0 Å². The summed E-state index contributed by atoms with van der Waals surface area (Å²) in [6.07, 6.45) is 1.57. The highest BCUT2D eigenvalue weighted by atomic mass is 28.3. The van der Waals surface area contributed by atoms with E-state index in [0.29, 0.717) is 11.1 Å². The van der Waals surface area contributed by atoms with Crippen LogP contribution in [0.5, 0.6) is 0 Å². The minimum absolute atomic E-state index is 0.436. The normalized spacial score (nSPS) is 13.3. The molecule has 30 heavy (non-hydrogen) atoms. The largest absolute Gasteiger partial charge is 0.465 e. The first kappa shape index (κ1) is 22.5. The van der Waals surface area contributed by atoms with Crippen molar-refractivity contribution in [1.82, 2.24) is 0 Å². The van der Waals surface area contributed by atoms with Crippen molar-refractivity contribution >= 4 is 38.5 Å². The van der Waals surface area contributed by atoms with Crippen molar-refractivity contribution in [3.05, 3.63) is 57.6 Å². The van der Waals surface area contributed by atoms with Crippen LogP contribution < -0.4 is 10.4 Å². The van der Waals surface area contributed by atoms with Crippen LogP contribution in [0.25, 0.3) is 0 Å². The monoisotopic (exact) mass is 440 g/mol. The molecule has 2 aromatic carbocycles. The fourth-order valence-corrected chi connectivity index (χ4v) is 9.04. The second-order valence-corrected chi connectivity index (χ2v) is 20.1. The number of hydrogen-bond acceptors (Lipinski definition) is 4. The molecule has 0 radical (unpaired) electrons. The van der Waals surface area contributed by atoms with Gasteiger partial charge in [0.15, 0.2) is 0 Å². The van der Waals surface area contributed by atoms with Crippen molar-refractivity contribution in [2.75, 3.05) is 14.2 Å². The minimum Gasteiger partial charge on any atom is -0.465 e. The molecule has 0 N–H and O–H groups in total. The van der Waals surface area contributed by atoms with Crippen molar-refractivity contribution in [3.8, 4) is 0 Å². The van der Waals surface area contributed by atoms with Crippen LogP contribution in [-0.2, 0) is 22.3 Å². The Labute approximate surface area is 181 Å². The van der Waals surface area contributed by atoms with Gasteiger partial charge in [-0.1, -0.05) is 63.5 Å². The number of carbonyl (C=O) groups excluding carboxylic acids is 2. The number of esters is 2. The number of benzene rings is 2. The lowest BCUT2D eigenvalue weighted by atomic mass is 9.83. The number of ether oxygens (including phenoxy) is 2. The van der Waals surface area contributed by atoms with Crippen molar-refractivity contribution in [3.63, 3.8) is 0 Å². The van der Waals surface area contributed by atoms with Crippen LogP contribution >= 0.6 is 0 Å². The Morgan fingerprint density at radius 1 is 0.700 bits per heavy atom. The highest BCUT2D eigenvalue weighted by Crippen LogP contribution is 2.31. The minimum atomic E-state index is -2.02. The third-order valence-electron chi connectivity index (χ3n) is 5.85. The summed E-state index contributed by atoms with van der Waals surface area (Å²) in [7, 11) is -1.27. The highest BCUT2D eigenvalue weighted by molar-refractivity contribution is 6.92. The number of hydrogen-bond donors (Lipinski definition) is 0. The zero-order chi connectivity index (χ0) is 22.4. The predicted molar refractivity (Wildman–Crippen MR) is 127 cm³/mol. The molecule has 0 aromatic heterocycles. The predicted octanol–water partition coefficient (Wildman–Crippen LogP) is 3.85. The molecule has 0 saturated heterocycles. The first-order chi connectivity index (χ1) is 13.9. The van der Waals surface area contributed by atoms with Gasteiger partial charge in [-0.2, -0.15) is 0 Å². The molecular weight excluding hydrogens is 408 g/mol. The molecule has 0 unspecified atom stereocenters. The molecule has 0 amide bonds.